The van der Waals surface area contributed by atoms with Gasteiger partial charge in [-0.05, 0) is 49.6 Å². The van der Waals surface area contributed by atoms with Crippen LogP contribution in [0.4, 0.5) is 0 Å². The normalized spacial score (nSPS) is 18.0. The molecule has 0 atom stereocenters. The number of nitrogens with zero attached hydrogens (tertiary/aromatic N) is 2. The van der Waals surface area contributed by atoms with E-state index in [2.05, 4.69) is 42.2 Å². The number of likely N-dealkylation sites (tertiary alicyclic amines) is 1. The molecule has 4 heteroatoms. The lowest BCUT2D eigenvalue weighted by atomic mass is 9.99. The van der Waals surface area contributed by atoms with Crippen molar-refractivity contribution in [3.63, 3.8) is 0 Å². The number of aryl methyl sites for hydroxylation is 1. The van der Waals surface area contributed by atoms with E-state index in [4.69, 9.17) is 4.42 Å². The van der Waals surface area contributed by atoms with Gasteiger partial charge < -0.3 is 9.32 Å². The molecule has 4 nitrogen and oxygen atoms in total. The molecular weight excluding hydrogens is 336 g/mol. The fraction of sp³-hybridized carbons (Fsp3) is 0.435. The third-order valence-corrected chi connectivity index (χ3v) is 5.66. The van der Waals surface area contributed by atoms with E-state index in [-0.39, 0.29) is 5.91 Å². The lowest BCUT2D eigenvalue weighted by Crippen LogP contribution is -2.34. The molecule has 2 aliphatic rings. The van der Waals surface area contributed by atoms with E-state index in [0.717, 1.165) is 44.8 Å². The van der Waals surface area contributed by atoms with Gasteiger partial charge in [-0.2, -0.15) is 0 Å². The molecule has 1 amide bonds. The Labute approximate surface area is 161 Å². The summed E-state index contributed by atoms with van der Waals surface area (Å²) in [5, 5.41) is 0. The topological polar surface area (TPSA) is 36.7 Å². The number of furan rings is 1. The average Bonchev–Trinajstić information content (AvgIpc) is 3.38. The number of rotatable bonds is 5. The van der Waals surface area contributed by atoms with Crippen LogP contribution in [0.25, 0.3) is 5.57 Å². The number of carbonyl (C=O) groups is 1. The maximum absolute atomic E-state index is 13.0. The summed E-state index contributed by atoms with van der Waals surface area (Å²) < 4.78 is 5.96. The highest BCUT2D eigenvalue weighted by Gasteiger charge is 2.24. The van der Waals surface area contributed by atoms with Crippen molar-refractivity contribution in [2.45, 2.75) is 39.2 Å². The van der Waals surface area contributed by atoms with E-state index in [1.807, 2.05) is 17.0 Å². The second-order valence-corrected chi connectivity index (χ2v) is 7.49. The van der Waals surface area contributed by atoms with Crippen LogP contribution in [-0.2, 0) is 13.0 Å². The first-order valence-corrected chi connectivity index (χ1v) is 10.1. The van der Waals surface area contributed by atoms with Crippen molar-refractivity contribution in [2.75, 3.05) is 26.2 Å². The summed E-state index contributed by atoms with van der Waals surface area (Å²) in [4.78, 5) is 17.3. The Kier molecular flexibility index (Phi) is 5.44. The van der Waals surface area contributed by atoms with Crippen LogP contribution in [-0.4, -0.2) is 41.9 Å². The highest BCUT2D eigenvalue weighted by molar-refractivity contribution is 5.92. The van der Waals surface area contributed by atoms with Crippen molar-refractivity contribution in [1.82, 2.24) is 9.80 Å². The first-order valence-electron chi connectivity index (χ1n) is 10.1. The molecule has 0 radical (unpaired) electrons. The summed E-state index contributed by atoms with van der Waals surface area (Å²) in [7, 11) is 0. The molecule has 0 saturated carbocycles. The smallest absolute Gasteiger partial charge is 0.289 e. The van der Waals surface area contributed by atoms with Gasteiger partial charge in [-0.25, -0.2) is 0 Å². The predicted octanol–water partition coefficient (Wildman–Crippen LogP) is 4.37. The van der Waals surface area contributed by atoms with Crippen molar-refractivity contribution in [1.29, 1.82) is 0 Å². The van der Waals surface area contributed by atoms with Gasteiger partial charge in [0.2, 0.25) is 0 Å². The van der Waals surface area contributed by atoms with Crippen LogP contribution >= 0.6 is 0 Å². The van der Waals surface area contributed by atoms with Crippen molar-refractivity contribution >= 4 is 11.5 Å². The zero-order valence-electron chi connectivity index (χ0n) is 16.1. The molecule has 4 rings (SSSR count). The van der Waals surface area contributed by atoms with Gasteiger partial charge in [-0.15, -0.1) is 0 Å². The van der Waals surface area contributed by atoms with Gasteiger partial charge >= 0.3 is 0 Å². The Morgan fingerprint density at radius 2 is 1.89 bits per heavy atom. The monoisotopic (exact) mass is 364 g/mol. The van der Waals surface area contributed by atoms with E-state index in [1.54, 1.807) is 0 Å². The summed E-state index contributed by atoms with van der Waals surface area (Å²) in [5.74, 6) is 1.47. The maximum atomic E-state index is 13.0. The predicted molar refractivity (Wildman–Crippen MR) is 108 cm³/mol. The summed E-state index contributed by atoms with van der Waals surface area (Å²) >= 11 is 0. The molecule has 0 aliphatic carbocycles. The van der Waals surface area contributed by atoms with Gasteiger partial charge in [-0.3, -0.25) is 9.69 Å². The second kappa shape index (κ2) is 8.13. The molecule has 2 aliphatic heterocycles. The van der Waals surface area contributed by atoms with Crippen LogP contribution in [0.1, 0.15) is 53.6 Å². The number of amides is 1. The Bertz CT molecular complexity index is 816. The minimum atomic E-state index is 0.0146. The van der Waals surface area contributed by atoms with Gasteiger partial charge in [0.05, 0.1) is 0 Å². The standard InChI is InChI=1S/C23H28N2O2/c1-2-21-20(17-24-12-6-7-13-24)16-22(27-21)23(26)25-14-10-19(11-15-25)18-8-4-3-5-9-18/h3-5,8-10,16H,2,6-7,11-15,17H2,1H3. The van der Waals surface area contributed by atoms with Crippen LogP contribution in [0.5, 0.6) is 0 Å². The molecule has 1 fully saturated rings. The first kappa shape index (κ1) is 18.1. The molecular formula is C23H28N2O2. The Hall–Kier alpha value is -2.33. The largest absolute Gasteiger partial charge is 0.456 e. The number of carbonyl (C=O) groups excluding carboxylic acids is 1. The van der Waals surface area contributed by atoms with Gasteiger partial charge in [0.15, 0.2) is 5.76 Å². The lowest BCUT2D eigenvalue weighted by Gasteiger charge is -2.25. The Morgan fingerprint density at radius 1 is 1.11 bits per heavy atom. The van der Waals surface area contributed by atoms with Crippen LogP contribution in [0.15, 0.2) is 46.9 Å². The van der Waals surface area contributed by atoms with Crippen molar-refractivity contribution in [3.8, 4) is 0 Å². The molecule has 3 heterocycles. The highest BCUT2D eigenvalue weighted by atomic mass is 16.4. The summed E-state index contributed by atoms with van der Waals surface area (Å²) in [6.45, 7) is 6.68. The molecule has 2 aromatic rings. The fourth-order valence-corrected chi connectivity index (χ4v) is 4.11. The van der Waals surface area contributed by atoms with Crippen molar-refractivity contribution in [3.05, 3.63) is 65.1 Å². The van der Waals surface area contributed by atoms with Crippen LogP contribution < -0.4 is 0 Å². The first-order chi connectivity index (χ1) is 13.2. The average molecular weight is 364 g/mol. The summed E-state index contributed by atoms with van der Waals surface area (Å²) in [6.07, 6.45) is 6.43. The van der Waals surface area contributed by atoms with Gasteiger partial charge in [0.1, 0.15) is 5.76 Å². The summed E-state index contributed by atoms with van der Waals surface area (Å²) in [5.41, 5.74) is 3.76. The SMILES string of the molecule is CCc1oc(C(=O)N2CC=C(c3ccccc3)CC2)cc1CN1CCCC1. The third-order valence-electron chi connectivity index (χ3n) is 5.66. The minimum absolute atomic E-state index is 0.0146. The van der Waals surface area contributed by atoms with Gasteiger partial charge in [-0.1, -0.05) is 43.3 Å². The van der Waals surface area contributed by atoms with Gasteiger partial charge in [0, 0.05) is 31.6 Å². The van der Waals surface area contributed by atoms with Gasteiger partial charge in [0.25, 0.3) is 5.91 Å². The van der Waals surface area contributed by atoms with E-state index < -0.39 is 0 Å². The molecule has 1 aromatic heterocycles. The molecule has 0 N–H and O–H groups in total. The van der Waals surface area contributed by atoms with E-state index >= 15 is 0 Å². The van der Waals surface area contributed by atoms with E-state index in [0.29, 0.717) is 12.3 Å². The minimum Gasteiger partial charge on any atom is -0.456 e. The van der Waals surface area contributed by atoms with E-state index in [9.17, 15) is 4.79 Å². The van der Waals surface area contributed by atoms with Crippen LogP contribution in [0, 0.1) is 0 Å². The Morgan fingerprint density at radius 3 is 2.56 bits per heavy atom. The molecule has 0 bridgehead atoms. The third kappa shape index (κ3) is 4.01. The second-order valence-electron chi connectivity index (χ2n) is 7.49. The Balaban J connectivity index is 1.45. The van der Waals surface area contributed by atoms with Crippen LogP contribution in [0.3, 0.4) is 0 Å². The molecule has 0 spiro atoms. The van der Waals surface area contributed by atoms with Crippen LogP contribution in [0.2, 0.25) is 0 Å². The van der Waals surface area contributed by atoms with Crippen molar-refractivity contribution in [2.24, 2.45) is 0 Å². The zero-order chi connectivity index (χ0) is 18.6. The maximum Gasteiger partial charge on any atom is 0.289 e. The number of benzene rings is 1. The zero-order valence-corrected chi connectivity index (χ0v) is 16.1. The molecule has 1 saturated heterocycles. The molecule has 27 heavy (non-hydrogen) atoms. The molecule has 1 aromatic carbocycles. The van der Waals surface area contributed by atoms with E-state index in [1.165, 1.54) is 29.5 Å². The fourth-order valence-electron chi connectivity index (χ4n) is 4.11. The lowest BCUT2D eigenvalue weighted by molar-refractivity contribution is 0.0739. The molecule has 142 valence electrons. The number of hydrogen-bond acceptors (Lipinski definition) is 3. The molecule has 0 unspecified atom stereocenters. The van der Waals surface area contributed by atoms with Crippen molar-refractivity contribution < 1.29 is 9.21 Å². The quantitative estimate of drug-likeness (QED) is 0.791. The summed E-state index contributed by atoms with van der Waals surface area (Å²) in [6, 6.07) is 12.4. The number of hydrogen-bond donors (Lipinski definition) is 0. The highest BCUT2D eigenvalue weighted by Crippen LogP contribution is 2.25.